The predicted octanol–water partition coefficient (Wildman–Crippen LogP) is 2.27. The van der Waals surface area contributed by atoms with Gasteiger partial charge in [0.15, 0.2) is 5.65 Å². The van der Waals surface area contributed by atoms with E-state index < -0.39 is 0 Å². The van der Waals surface area contributed by atoms with E-state index in [9.17, 15) is 4.39 Å². The van der Waals surface area contributed by atoms with Gasteiger partial charge in [0.1, 0.15) is 12.1 Å². The first kappa shape index (κ1) is 10.5. The van der Waals surface area contributed by atoms with Crippen LogP contribution in [0.5, 0.6) is 0 Å². The first-order valence-corrected chi connectivity index (χ1v) is 5.38. The SMILES string of the molecule is Fc1cccc(C#Cc2ccc3ncnn3c2)c1. The van der Waals surface area contributed by atoms with Crippen molar-refractivity contribution in [2.45, 2.75) is 0 Å². The van der Waals surface area contributed by atoms with Crippen LogP contribution in [0.25, 0.3) is 5.65 Å². The second-order valence-corrected chi connectivity index (χ2v) is 3.74. The van der Waals surface area contributed by atoms with Crippen molar-refractivity contribution in [3.8, 4) is 11.8 Å². The van der Waals surface area contributed by atoms with Gasteiger partial charge in [0, 0.05) is 17.3 Å². The number of hydrogen-bond donors (Lipinski definition) is 0. The van der Waals surface area contributed by atoms with Crippen molar-refractivity contribution in [2.75, 3.05) is 0 Å². The van der Waals surface area contributed by atoms with Gasteiger partial charge >= 0.3 is 0 Å². The van der Waals surface area contributed by atoms with Crippen LogP contribution in [0.1, 0.15) is 11.1 Å². The van der Waals surface area contributed by atoms with Crippen LogP contribution in [0.15, 0.2) is 48.9 Å². The molecular formula is C14H8FN3. The van der Waals surface area contributed by atoms with E-state index in [1.165, 1.54) is 18.5 Å². The van der Waals surface area contributed by atoms with Gasteiger partial charge in [-0.15, -0.1) is 0 Å². The number of hydrogen-bond acceptors (Lipinski definition) is 2. The van der Waals surface area contributed by atoms with Crippen LogP contribution in [-0.4, -0.2) is 14.6 Å². The molecule has 2 aromatic heterocycles. The van der Waals surface area contributed by atoms with E-state index in [4.69, 9.17) is 0 Å². The Kier molecular flexibility index (Phi) is 2.50. The molecule has 86 valence electrons. The molecule has 0 amide bonds. The lowest BCUT2D eigenvalue weighted by Gasteiger charge is -1.93. The van der Waals surface area contributed by atoms with E-state index in [0.717, 1.165) is 11.2 Å². The van der Waals surface area contributed by atoms with Gasteiger partial charge in [-0.25, -0.2) is 13.9 Å². The number of fused-ring (bicyclic) bond motifs is 1. The van der Waals surface area contributed by atoms with Gasteiger partial charge in [-0.2, -0.15) is 5.10 Å². The highest BCUT2D eigenvalue weighted by Crippen LogP contribution is 2.04. The summed E-state index contributed by atoms with van der Waals surface area (Å²) in [6.45, 7) is 0. The zero-order valence-electron chi connectivity index (χ0n) is 9.34. The van der Waals surface area contributed by atoms with Crippen LogP contribution in [0.2, 0.25) is 0 Å². The molecule has 2 heterocycles. The minimum absolute atomic E-state index is 0.284. The molecule has 0 aliphatic heterocycles. The molecule has 0 unspecified atom stereocenters. The highest BCUT2D eigenvalue weighted by Gasteiger charge is 1.95. The van der Waals surface area contributed by atoms with Crippen molar-refractivity contribution in [2.24, 2.45) is 0 Å². The number of rotatable bonds is 0. The summed E-state index contributed by atoms with van der Waals surface area (Å²) in [7, 11) is 0. The van der Waals surface area contributed by atoms with Crippen LogP contribution >= 0.6 is 0 Å². The number of benzene rings is 1. The summed E-state index contributed by atoms with van der Waals surface area (Å²) in [5.41, 5.74) is 2.22. The molecule has 0 bridgehead atoms. The molecule has 18 heavy (non-hydrogen) atoms. The second kappa shape index (κ2) is 4.30. The van der Waals surface area contributed by atoms with Gasteiger partial charge in [-0.3, -0.25) is 0 Å². The Morgan fingerprint density at radius 3 is 2.83 bits per heavy atom. The zero-order chi connectivity index (χ0) is 12.4. The third-order valence-corrected chi connectivity index (χ3v) is 2.45. The molecule has 0 N–H and O–H groups in total. The van der Waals surface area contributed by atoms with Crippen molar-refractivity contribution >= 4 is 5.65 Å². The molecule has 0 radical (unpaired) electrons. The van der Waals surface area contributed by atoms with Gasteiger partial charge < -0.3 is 0 Å². The molecule has 1 aromatic carbocycles. The van der Waals surface area contributed by atoms with E-state index in [1.807, 2.05) is 12.1 Å². The smallest absolute Gasteiger partial charge is 0.155 e. The van der Waals surface area contributed by atoms with E-state index in [0.29, 0.717) is 5.56 Å². The van der Waals surface area contributed by atoms with Crippen molar-refractivity contribution in [3.63, 3.8) is 0 Å². The highest BCUT2D eigenvalue weighted by molar-refractivity contribution is 5.46. The Bertz CT molecular complexity index is 765. The number of aromatic nitrogens is 3. The lowest BCUT2D eigenvalue weighted by atomic mass is 10.2. The van der Waals surface area contributed by atoms with Crippen molar-refractivity contribution in [3.05, 3.63) is 65.9 Å². The van der Waals surface area contributed by atoms with Crippen LogP contribution in [0.4, 0.5) is 4.39 Å². The molecule has 3 aromatic rings. The first-order chi connectivity index (χ1) is 8.81. The third-order valence-electron chi connectivity index (χ3n) is 2.45. The predicted molar refractivity (Wildman–Crippen MR) is 65.4 cm³/mol. The monoisotopic (exact) mass is 237 g/mol. The van der Waals surface area contributed by atoms with Crippen LogP contribution in [0, 0.1) is 17.7 Å². The van der Waals surface area contributed by atoms with Gasteiger partial charge in [-0.05, 0) is 30.3 Å². The first-order valence-electron chi connectivity index (χ1n) is 5.38. The van der Waals surface area contributed by atoms with Crippen LogP contribution < -0.4 is 0 Å². The largest absolute Gasteiger partial charge is 0.220 e. The Labute approximate surface area is 103 Å². The van der Waals surface area contributed by atoms with Crippen LogP contribution in [0.3, 0.4) is 0 Å². The minimum atomic E-state index is -0.284. The topological polar surface area (TPSA) is 30.2 Å². The van der Waals surface area contributed by atoms with Crippen molar-refractivity contribution < 1.29 is 4.39 Å². The molecule has 3 rings (SSSR count). The molecule has 0 spiro atoms. The number of nitrogens with zero attached hydrogens (tertiary/aromatic N) is 3. The fourth-order valence-electron chi connectivity index (χ4n) is 1.60. The fraction of sp³-hybridized carbons (Fsp3) is 0. The molecule has 4 heteroatoms. The molecule has 0 fully saturated rings. The fourth-order valence-corrected chi connectivity index (χ4v) is 1.60. The Balaban J connectivity index is 1.97. The van der Waals surface area contributed by atoms with Gasteiger partial charge in [0.25, 0.3) is 0 Å². The lowest BCUT2D eigenvalue weighted by Crippen LogP contribution is -1.88. The number of pyridine rings is 1. The molecule has 0 aliphatic rings. The standard InChI is InChI=1S/C14H8FN3/c15-13-3-1-2-11(8-13)4-5-12-6-7-14-16-10-17-18(14)9-12/h1-3,6-10H. The Morgan fingerprint density at radius 2 is 1.94 bits per heavy atom. The summed E-state index contributed by atoms with van der Waals surface area (Å²) in [6.07, 6.45) is 3.27. The maximum absolute atomic E-state index is 13.0. The van der Waals surface area contributed by atoms with E-state index in [1.54, 1.807) is 22.8 Å². The normalized spacial score (nSPS) is 10.1. The average Bonchev–Trinajstić information content (AvgIpc) is 2.84. The minimum Gasteiger partial charge on any atom is -0.220 e. The molecule has 0 saturated carbocycles. The molecule has 0 aliphatic carbocycles. The summed E-state index contributed by atoms with van der Waals surface area (Å²) in [5, 5.41) is 4.03. The van der Waals surface area contributed by atoms with Crippen molar-refractivity contribution in [1.29, 1.82) is 0 Å². The summed E-state index contributed by atoms with van der Waals surface area (Å²) < 4.78 is 14.6. The second-order valence-electron chi connectivity index (χ2n) is 3.74. The van der Waals surface area contributed by atoms with Gasteiger partial charge in [0.2, 0.25) is 0 Å². The average molecular weight is 237 g/mol. The molecule has 0 saturated heterocycles. The summed E-state index contributed by atoms with van der Waals surface area (Å²) in [5.74, 6) is 5.59. The number of halogens is 1. The van der Waals surface area contributed by atoms with Crippen LogP contribution in [-0.2, 0) is 0 Å². The van der Waals surface area contributed by atoms with Gasteiger partial charge in [-0.1, -0.05) is 17.9 Å². The lowest BCUT2D eigenvalue weighted by molar-refractivity contribution is 0.627. The maximum atomic E-state index is 13.0. The maximum Gasteiger partial charge on any atom is 0.155 e. The third kappa shape index (κ3) is 2.06. The summed E-state index contributed by atoms with van der Waals surface area (Å²) in [6, 6.07) is 9.90. The van der Waals surface area contributed by atoms with E-state index in [-0.39, 0.29) is 5.82 Å². The molecule has 0 atom stereocenters. The molecular weight excluding hydrogens is 229 g/mol. The van der Waals surface area contributed by atoms with Gasteiger partial charge in [0.05, 0.1) is 0 Å². The quantitative estimate of drug-likeness (QED) is 0.561. The Morgan fingerprint density at radius 1 is 1.06 bits per heavy atom. The molecule has 3 nitrogen and oxygen atoms in total. The zero-order valence-corrected chi connectivity index (χ0v) is 9.34. The summed E-state index contributed by atoms with van der Waals surface area (Å²) in [4.78, 5) is 4.04. The highest BCUT2D eigenvalue weighted by atomic mass is 19.1. The van der Waals surface area contributed by atoms with E-state index in [2.05, 4.69) is 21.9 Å². The van der Waals surface area contributed by atoms with Crippen molar-refractivity contribution in [1.82, 2.24) is 14.6 Å². The van der Waals surface area contributed by atoms with E-state index >= 15 is 0 Å². The Hall–Kier alpha value is -2.67. The summed E-state index contributed by atoms with van der Waals surface area (Å²) >= 11 is 0.